The smallest absolute Gasteiger partial charge is 0.228 e. The van der Waals surface area contributed by atoms with Crippen molar-refractivity contribution in [3.63, 3.8) is 0 Å². The molecule has 0 radical (unpaired) electrons. The second-order valence-electron chi connectivity index (χ2n) is 6.31. The predicted molar refractivity (Wildman–Crippen MR) is 123 cm³/mol. The molecule has 1 atom stereocenters. The predicted octanol–water partition coefficient (Wildman–Crippen LogP) is 4.75. The Balaban J connectivity index is 0.00000320. The van der Waals surface area contributed by atoms with E-state index in [1.807, 2.05) is 19.1 Å². The van der Waals surface area contributed by atoms with Crippen LogP contribution in [0.1, 0.15) is 24.4 Å². The zero-order valence-electron chi connectivity index (χ0n) is 16.3. The fourth-order valence-corrected chi connectivity index (χ4v) is 2.75. The van der Waals surface area contributed by atoms with Crippen LogP contribution in [0.5, 0.6) is 0 Å². The third kappa shape index (κ3) is 6.36. The van der Waals surface area contributed by atoms with Crippen molar-refractivity contribution in [1.29, 1.82) is 0 Å². The van der Waals surface area contributed by atoms with E-state index >= 15 is 0 Å². The number of halogens is 4. The number of hydrogen-bond acceptors (Lipinski definition) is 4. The molecule has 2 N–H and O–H groups in total. The van der Waals surface area contributed by atoms with Crippen molar-refractivity contribution >= 4 is 41.5 Å². The molecule has 0 aliphatic heterocycles. The van der Waals surface area contributed by atoms with Crippen molar-refractivity contribution in [1.82, 2.24) is 20.8 Å². The van der Waals surface area contributed by atoms with E-state index in [2.05, 4.69) is 25.8 Å². The molecular weight excluding hydrogens is 527 g/mol. The van der Waals surface area contributed by atoms with Gasteiger partial charge in [0.05, 0.1) is 6.04 Å². The van der Waals surface area contributed by atoms with E-state index in [9.17, 15) is 8.78 Å². The lowest BCUT2D eigenvalue weighted by atomic mass is 10.1. The first-order valence-corrected chi connectivity index (χ1v) is 9.34. The lowest BCUT2D eigenvalue weighted by Crippen LogP contribution is -2.39. The van der Waals surface area contributed by atoms with E-state index in [0.717, 1.165) is 17.7 Å². The Morgan fingerprint density at radius 3 is 2.57 bits per heavy atom. The van der Waals surface area contributed by atoms with Crippen LogP contribution in [-0.4, -0.2) is 29.7 Å². The van der Waals surface area contributed by atoms with Gasteiger partial charge >= 0.3 is 0 Å². The molecular formula is C20H21ClF2IN5O. The molecule has 1 heterocycles. The summed E-state index contributed by atoms with van der Waals surface area (Å²) in [5.41, 5.74) is 1.42. The summed E-state index contributed by atoms with van der Waals surface area (Å²) in [5, 5.41) is 10.9. The minimum Gasteiger partial charge on any atom is -0.356 e. The van der Waals surface area contributed by atoms with E-state index in [1.54, 1.807) is 19.2 Å². The average molecular weight is 548 g/mol. The van der Waals surface area contributed by atoms with Crippen molar-refractivity contribution in [3.8, 4) is 11.4 Å². The lowest BCUT2D eigenvalue weighted by molar-refractivity contribution is 0.378. The highest BCUT2D eigenvalue weighted by atomic mass is 127. The normalized spacial score (nSPS) is 12.2. The van der Waals surface area contributed by atoms with Crippen molar-refractivity contribution in [2.45, 2.75) is 19.4 Å². The van der Waals surface area contributed by atoms with E-state index in [-0.39, 0.29) is 30.0 Å². The molecule has 6 nitrogen and oxygen atoms in total. The molecule has 1 aromatic heterocycles. The monoisotopic (exact) mass is 547 g/mol. The van der Waals surface area contributed by atoms with E-state index in [4.69, 9.17) is 16.1 Å². The lowest BCUT2D eigenvalue weighted by Gasteiger charge is -2.18. The van der Waals surface area contributed by atoms with Gasteiger partial charge in [0.25, 0.3) is 0 Å². The van der Waals surface area contributed by atoms with Crippen LogP contribution in [0.4, 0.5) is 8.78 Å². The highest BCUT2D eigenvalue weighted by molar-refractivity contribution is 14.0. The van der Waals surface area contributed by atoms with Gasteiger partial charge in [0, 0.05) is 30.6 Å². The number of nitrogens with zero attached hydrogens (tertiary/aromatic N) is 3. The van der Waals surface area contributed by atoms with Crippen LogP contribution in [0, 0.1) is 11.6 Å². The molecule has 0 aliphatic carbocycles. The number of hydrogen-bond donors (Lipinski definition) is 2. The number of guanidine groups is 1. The zero-order chi connectivity index (χ0) is 20.8. The molecule has 160 valence electrons. The minimum atomic E-state index is -0.882. The Morgan fingerprint density at radius 1 is 1.17 bits per heavy atom. The molecule has 3 rings (SSSR count). The van der Waals surface area contributed by atoms with Crippen LogP contribution in [0.25, 0.3) is 11.4 Å². The molecule has 1 unspecified atom stereocenters. The maximum atomic E-state index is 13.4. The molecule has 2 aromatic carbocycles. The van der Waals surface area contributed by atoms with Crippen molar-refractivity contribution in [2.75, 3.05) is 13.6 Å². The first-order chi connectivity index (χ1) is 14.0. The molecule has 3 aromatic rings. The summed E-state index contributed by atoms with van der Waals surface area (Å²) in [4.78, 5) is 8.49. The summed E-state index contributed by atoms with van der Waals surface area (Å²) in [6.07, 6.45) is 0.487. The number of aromatic nitrogens is 2. The van der Waals surface area contributed by atoms with Crippen molar-refractivity contribution in [2.24, 2.45) is 4.99 Å². The Morgan fingerprint density at radius 2 is 1.90 bits per heavy atom. The Hall–Kier alpha value is -2.27. The fraction of sp³-hybridized carbons (Fsp3) is 0.250. The quantitative estimate of drug-likeness (QED) is 0.265. The van der Waals surface area contributed by atoms with Gasteiger partial charge in [0.15, 0.2) is 17.6 Å². The summed E-state index contributed by atoms with van der Waals surface area (Å²) < 4.78 is 31.8. The second kappa shape index (κ2) is 11.2. The van der Waals surface area contributed by atoms with Gasteiger partial charge in [0.1, 0.15) is 0 Å². The first kappa shape index (κ1) is 24.0. The maximum absolute atomic E-state index is 13.4. The fourth-order valence-electron chi connectivity index (χ4n) is 2.63. The van der Waals surface area contributed by atoms with Crippen LogP contribution >= 0.6 is 35.6 Å². The topological polar surface area (TPSA) is 75.3 Å². The van der Waals surface area contributed by atoms with Gasteiger partial charge in [-0.2, -0.15) is 4.98 Å². The van der Waals surface area contributed by atoms with Crippen LogP contribution in [-0.2, 0) is 6.42 Å². The average Bonchev–Trinajstić information content (AvgIpc) is 3.18. The zero-order valence-corrected chi connectivity index (χ0v) is 19.4. The van der Waals surface area contributed by atoms with E-state index in [1.165, 1.54) is 6.07 Å². The number of nitrogens with one attached hydrogen (secondary N) is 2. The van der Waals surface area contributed by atoms with Crippen molar-refractivity contribution < 1.29 is 13.3 Å². The summed E-state index contributed by atoms with van der Waals surface area (Å²) >= 11 is 5.88. The molecule has 0 fully saturated rings. The van der Waals surface area contributed by atoms with Crippen LogP contribution in [0.3, 0.4) is 0 Å². The van der Waals surface area contributed by atoms with Gasteiger partial charge in [-0.25, -0.2) is 8.78 Å². The van der Waals surface area contributed by atoms with Gasteiger partial charge in [-0.3, -0.25) is 4.99 Å². The first-order valence-electron chi connectivity index (χ1n) is 8.97. The highest BCUT2D eigenvalue weighted by Gasteiger charge is 2.12. The Kier molecular flexibility index (Phi) is 8.97. The summed E-state index contributed by atoms with van der Waals surface area (Å²) in [6, 6.07) is 10.7. The van der Waals surface area contributed by atoms with Gasteiger partial charge in [-0.1, -0.05) is 22.8 Å². The molecule has 0 saturated carbocycles. The Bertz CT molecular complexity index is 997. The molecule has 30 heavy (non-hydrogen) atoms. The molecule has 0 aliphatic rings. The largest absolute Gasteiger partial charge is 0.356 e. The van der Waals surface area contributed by atoms with Gasteiger partial charge in [-0.15, -0.1) is 24.0 Å². The van der Waals surface area contributed by atoms with E-state index < -0.39 is 11.6 Å². The minimum absolute atomic E-state index is 0. The van der Waals surface area contributed by atoms with Gasteiger partial charge < -0.3 is 15.2 Å². The maximum Gasteiger partial charge on any atom is 0.228 e. The molecule has 10 heteroatoms. The van der Waals surface area contributed by atoms with Crippen molar-refractivity contribution in [3.05, 3.63) is 70.6 Å². The molecule has 0 saturated heterocycles. The number of rotatable bonds is 6. The van der Waals surface area contributed by atoms with Gasteiger partial charge in [0.2, 0.25) is 11.7 Å². The summed E-state index contributed by atoms with van der Waals surface area (Å²) in [5.74, 6) is -0.273. The van der Waals surface area contributed by atoms with Crippen LogP contribution in [0.15, 0.2) is 52.0 Å². The SMILES string of the molecule is CN=C(NCCc1nc(-c2ccc(Cl)cc2)no1)NC(C)c1ccc(F)c(F)c1.I. The molecule has 0 spiro atoms. The molecule has 0 bridgehead atoms. The number of aliphatic imine (C=N–C) groups is 1. The Labute approximate surface area is 195 Å². The van der Waals surface area contributed by atoms with Crippen LogP contribution < -0.4 is 10.6 Å². The standard InChI is InChI=1S/C20H20ClF2N5O.HI/c1-12(14-5-8-16(22)17(23)11-14)26-20(24-2)25-10-9-18-27-19(28-29-18)13-3-6-15(21)7-4-13;/h3-8,11-12H,9-10H2,1-2H3,(H2,24,25,26);1H. The van der Waals surface area contributed by atoms with Crippen LogP contribution in [0.2, 0.25) is 5.02 Å². The van der Waals surface area contributed by atoms with Gasteiger partial charge in [-0.05, 0) is 48.9 Å². The molecule has 0 amide bonds. The third-order valence-corrected chi connectivity index (χ3v) is 4.47. The number of benzene rings is 2. The second-order valence-corrected chi connectivity index (χ2v) is 6.74. The van der Waals surface area contributed by atoms with E-state index in [0.29, 0.717) is 41.2 Å². The highest BCUT2D eigenvalue weighted by Crippen LogP contribution is 2.19. The summed E-state index contributed by atoms with van der Waals surface area (Å²) in [6.45, 7) is 2.32. The summed E-state index contributed by atoms with van der Waals surface area (Å²) in [7, 11) is 1.62. The third-order valence-electron chi connectivity index (χ3n) is 4.22.